The van der Waals surface area contributed by atoms with Gasteiger partial charge >= 0.3 is 0 Å². The summed E-state index contributed by atoms with van der Waals surface area (Å²) in [4.78, 5) is 18.1. The van der Waals surface area contributed by atoms with Crippen LogP contribution in [0.3, 0.4) is 0 Å². The third kappa shape index (κ3) is 2.57. The molecule has 0 aliphatic heterocycles. The van der Waals surface area contributed by atoms with Crippen LogP contribution >= 0.6 is 0 Å². The molecule has 2 rings (SSSR count). The SMILES string of the molecule is CNc1ccncc1C(=O)N(C)CC1CC1C. The lowest BCUT2D eigenvalue weighted by atomic mass is 10.2. The van der Waals surface area contributed by atoms with Gasteiger partial charge in [-0.3, -0.25) is 9.78 Å². The molecule has 0 radical (unpaired) electrons. The van der Waals surface area contributed by atoms with Crippen LogP contribution in [0.2, 0.25) is 0 Å². The Bertz CT molecular complexity index is 419. The molecule has 1 aliphatic rings. The third-order valence-electron chi connectivity index (χ3n) is 3.45. The van der Waals surface area contributed by atoms with Crippen molar-refractivity contribution in [2.45, 2.75) is 13.3 Å². The zero-order valence-corrected chi connectivity index (χ0v) is 10.6. The molecule has 0 spiro atoms. The van der Waals surface area contributed by atoms with E-state index in [1.165, 1.54) is 6.42 Å². The minimum absolute atomic E-state index is 0.0431. The molecule has 0 aromatic carbocycles. The fourth-order valence-corrected chi connectivity index (χ4v) is 2.08. The molecule has 0 saturated heterocycles. The molecule has 1 aromatic rings. The van der Waals surface area contributed by atoms with Gasteiger partial charge in [0.15, 0.2) is 0 Å². The van der Waals surface area contributed by atoms with Crippen LogP contribution in [0, 0.1) is 11.8 Å². The smallest absolute Gasteiger partial charge is 0.257 e. The summed E-state index contributed by atoms with van der Waals surface area (Å²) >= 11 is 0. The number of carbonyl (C=O) groups excluding carboxylic acids is 1. The Labute approximate surface area is 102 Å². The lowest BCUT2D eigenvalue weighted by Crippen LogP contribution is -2.29. The molecule has 1 fully saturated rings. The number of amides is 1. The Morgan fingerprint density at radius 2 is 2.35 bits per heavy atom. The van der Waals surface area contributed by atoms with Crippen molar-refractivity contribution in [1.29, 1.82) is 0 Å². The number of carbonyl (C=O) groups is 1. The van der Waals surface area contributed by atoms with Gasteiger partial charge in [-0.15, -0.1) is 0 Å². The van der Waals surface area contributed by atoms with Crippen molar-refractivity contribution >= 4 is 11.6 Å². The number of nitrogens with zero attached hydrogens (tertiary/aromatic N) is 2. The first kappa shape index (κ1) is 11.9. The second-order valence-corrected chi connectivity index (χ2v) is 4.83. The van der Waals surface area contributed by atoms with E-state index in [0.717, 1.165) is 18.2 Å². The van der Waals surface area contributed by atoms with Crippen molar-refractivity contribution < 1.29 is 4.79 Å². The minimum atomic E-state index is 0.0431. The third-order valence-corrected chi connectivity index (χ3v) is 3.45. The number of aromatic nitrogens is 1. The monoisotopic (exact) mass is 233 g/mol. The van der Waals surface area contributed by atoms with Gasteiger partial charge in [0.05, 0.1) is 5.56 Å². The summed E-state index contributed by atoms with van der Waals surface area (Å²) < 4.78 is 0. The maximum Gasteiger partial charge on any atom is 0.257 e. The van der Waals surface area contributed by atoms with E-state index >= 15 is 0 Å². The Morgan fingerprint density at radius 1 is 1.65 bits per heavy atom. The fraction of sp³-hybridized carbons (Fsp3) is 0.538. The maximum absolute atomic E-state index is 12.2. The quantitative estimate of drug-likeness (QED) is 0.863. The lowest BCUT2D eigenvalue weighted by Gasteiger charge is -2.18. The number of nitrogens with one attached hydrogen (secondary N) is 1. The van der Waals surface area contributed by atoms with Crippen LogP contribution in [0.15, 0.2) is 18.5 Å². The molecule has 17 heavy (non-hydrogen) atoms. The molecular weight excluding hydrogens is 214 g/mol. The summed E-state index contributed by atoms with van der Waals surface area (Å²) in [6, 6.07) is 1.82. The second-order valence-electron chi connectivity index (χ2n) is 4.83. The fourth-order valence-electron chi connectivity index (χ4n) is 2.08. The lowest BCUT2D eigenvalue weighted by molar-refractivity contribution is 0.0787. The molecule has 4 nitrogen and oxygen atoms in total. The van der Waals surface area contributed by atoms with Crippen LogP contribution in [0.4, 0.5) is 5.69 Å². The van der Waals surface area contributed by atoms with E-state index in [9.17, 15) is 4.79 Å². The van der Waals surface area contributed by atoms with Gasteiger partial charge in [0, 0.05) is 38.7 Å². The number of anilines is 1. The van der Waals surface area contributed by atoms with Crippen molar-refractivity contribution in [1.82, 2.24) is 9.88 Å². The maximum atomic E-state index is 12.2. The van der Waals surface area contributed by atoms with Crippen molar-refractivity contribution in [3.05, 3.63) is 24.0 Å². The normalized spacial score (nSPS) is 22.1. The Hall–Kier alpha value is -1.58. The van der Waals surface area contributed by atoms with E-state index in [4.69, 9.17) is 0 Å². The van der Waals surface area contributed by atoms with Gasteiger partial charge in [-0.2, -0.15) is 0 Å². The van der Waals surface area contributed by atoms with Crippen LogP contribution in [-0.4, -0.2) is 36.4 Å². The summed E-state index contributed by atoms with van der Waals surface area (Å²) in [5.74, 6) is 1.49. The molecule has 1 aliphatic carbocycles. The van der Waals surface area contributed by atoms with E-state index in [2.05, 4.69) is 17.2 Å². The molecule has 1 saturated carbocycles. The molecule has 1 heterocycles. The molecule has 2 atom stereocenters. The molecule has 0 bridgehead atoms. The highest BCUT2D eigenvalue weighted by molar-refractivity contribution is 5.99. The molecule has 1 amide bonds. The predicted octanol–water partition coefficient (Wildman–Crippen LogP) is 1.85. The Balaban J connectivity index is 2.07. The van der Waals surface area contributed by atoms with Crippen molar-refractivity contribution in [2.75, 3.05) is 26.0 Å². The summed E-state index contributed by atoms with van der Waals surface area (Å²) in [7, 11) is 3.68. The first-order valence-electron chi connectivity index (χ1n) is 6.00. The first-order chi connectivity index (χ1) is 8.13. The average Bonchev–Trinajstić information content (AvgIpc) is 3.03. The molecule has 4 heteroatoms. The summed E-state index contributed by atoms with van der Waals surface area (Å²) in [5.41, 5.74) is 1.48. The van der Waals surface area contributed by atoms with Gasteiger partial charge in [-0.25, -0.2) is 0 Å². The average molecular weight is 233 g/mol. The first-order valence-corrected chi connectivity index (χ1v) is 6.00. The number of hydrogen-bond acceptors (Lipinski definition) is 3. The van der Waals surface area contributed by atoms with Crippen LogP contribution in [0.5, 0.6) is 0 Å². The van der Waals surface area contributed by atoms with E-state index in [1.54, 1.807) is 17.3 Å². The molecule has 2 unspecified atom stereocenters. The highest BCUT2D eigenvalue weighted by atomic mass is 16.2. The summed E-state index contributed by atoms with van der Waals surface area (Å²) in [6.45, 7) is 3.07. The van der Waals surface area contributed by atoms with Gasteiger partial charge in [0.25, 0.3) is 5.91 Å². The van der Waals surface area contributed by atoms with Crippen LogP contribution in [-0.2, 0) is 0 Å². The number of rotatable bonds is 4. The van der Waals surface area contributed by atoms with Crippen LogP contribution in [0.1, 0.15) is 23.7 Å². The minimum Gasteiger partial charge on any atom is -0.387 e. The van der Waals surface area contributed by atoms with Crippen molar-refractivity contribution in [2.24, 2.45) is 11.8 Å². The van der Waals surface area contributed by atoms with Gasteiger partial charge < -0.3 is 10.2 Å². The van der Waals surface area contributed by atoms with E-state index in [0.29, 0.717) is 11.5 Å². The van der Waals surface area contributed by atoms with Gasteiger partial charge in [0.2, 0.25) is 0 Å². The Kier molecular flexibility index (Phi) is 3.31. The van der Waals surface area contributed by atoms with Gasteiger partial charge in [-0.05, 0) is 24.3 Å². The molecule has 1 N–H and O–H groups in total. The van der Waals surface area contributed by atoms with E-state index in [-0.39, 0.29) is 5.91 Å². The second kappa shape index (κ2) is 4.73. The van der Waals surface area contributed by atoms with Crippen LogP contribution in [0.25, 0.3) is 0 Å². The van der Waals surface area contributed by atoms with Gasteiger partial charge in [0.1, 0.15) is 0 Å². The largest absolute Gasteiger partial charge is 0.387 e. The Morgan fingerprint density at radius 3 is 2.94 bits per heavy atom. The van der Waals surface area contributed by atoms with Crippen molar-refractivity contribution in [3.8, 4) is 0 Å². The standard InChI is InChI=1S/C13H19N3O/c1-9-6-10(9)8-16(3)13(17)11-7-15-5-4-12(11)14-2/h4-5,7,9-10H,6,8H2,1-3H3,(H,14,15). The summed E-state index contributed by atoms with van der Waals surface area (Å²) in [6.07, 6.45) is 4.55. The van der Waals surface area contributed by atoms with E-state index in [1.807, 2.05) is 20.2 Å². The van der Waals surface area contributed by atoms with E-state index < -0.39 is 0 Å². The van der Waals surface area contributed by atoms with Gasteiger partial charge in [-0.1, -0.05) is 6.92 Å². The highest BCUT2D eigenvalue weighted by Gasteiger charge is 2.34. The summed E-state index contributed by atoms with van der Waals surface area (Å²) in [5, 5.41) is 3.02. The topological polar surface area (TPSA) is 45.2 Å². The number of pyridine rings is 1. The number of hydrogen-bond donors (Lipinski definition) is 1. The zero-order chi connectivity index (χ0) is 12.4. The molecule has 92 valence electrons. The highest BCUT2D eigenvalue weighted by Crippen LogP contribution is 2.38. The zero-order valence-electron chi connectivity index (χ0n) is 10.6. The molecular formula is C13H19N3O. The van der Waals surface area contributed by atoms with Crippen molar-refractivity contribution in [3.63, 3.8) is 0 Å². The van der Waals surface area contributed by atoms with Crippen LogP contribution < -0.4 is 5.32 Å². The predicted molar refractivity (Wildman–Crippen MR) is 68.0 cm³/mol. The molecule has 1 aromatic heterocycles.